The third kappa shape index (κ3) is 3.31. The van der Waals surface area contributed by atoms with Crippen LogP contribution in [0.5, 0.6) is 5.75 Å². The summed E-state index contributed by atoms with van der Waals surface area (Å²) in [5.41, 5.74) is 3.88. The summed E-state index contributed by atoms with van der Waals surface area (Å²) in [6.45, 7) is 6.59. The molecule has 0 spiro atoms. The number of halogens is 1. The number of ether oxygens (including phenoxy) is 1. The van der Waals surface area contributed by atoms with Gasteiger partial charge in [0.05, 0.1) is 0 Å². The molecule has 4 rings (SSSR count). The Labute approximate surface area is 173 Å². The van der Waals surface area contributed by atoms with E-state index in [2.05, 4.69) is 36.0 Å². The first kappa shape index (κ1) is 20.1. The SMILES string of the molecule is CCc1cc[n+](CC2Cc3cc4c(C)c(C#N)c(=O)oc4c(C)c3O2)cc1.[Br-]. The Balaban J connectivity index is 0.00000225. The topological polar surface area (TPSA) is 67.1 Å². The molecule has 3 aromatic rings. The number of aryl methyl sites for hydroxylation is 3. The van der Waals surface area contributed by atoms with Crippen molar-refractivity contribution in [2.75, 3.05) is 0 Å². The van der Waals surface area contributed by atoms with E-state index >= 15 is 0 Å². The summed E-state index contributed by atoms with van der Waals surface area (Å²) in [6.07, 6.45) is 5.99. The second-order valence-corrected chi connectivity index (χ2v) is 7.07. The van der Waals surface area contributed by atoms with Gasteiger partial charge in [0, 0.05) is 29.5 Å². The summed E-state index contributed by atoms with van der Waals surface area (Å²) in [4.78, 5) is 12.1. The number of pyridine rings is 1. The zero-order valence-electron chi connectivity index (χ0n) is 16.1. The van der Waals surface area contributed by atoms with Crippen LogP contribution in [0.15, 0.2) is 39.8 Å². The van der Waals surface area contributed by atoms with Gasteiger partial charge in [-0.25, -0.2) is 9.36 Å². The molecule has 0 radical (unpaired) electrons. The minimum absolute atomic E-state index is 0. The summed E-state index contributed by atoms with van der Waals surface area (Å²) in [6, 6.07) is 8.21. The molecule has 1 atom stereocenters. The van der Waals surface area contributed by atoms with Gasteiger partial charge in [0.2, 0.25) is 0 Å². The minimum atomic E-state index is -0.591. The van der Waals surface area contributed by atoms with Gasteiger partial charge in [-0.15, -0.1) is 0 Å². The van der Waals surface area contributed by atoms with Crippen LogP contribution in [0.4, 0.5) is 0 Å². The molecule has 0 saturated heterocycles. The normalized spacial score (nSPS) is 14.9. The van der Waals surface area contributed by atoms with Gasteiger partial charge < -0.3 is 26.1 Å². The highest BCUT2D eigenvalue weighted by atomic mass is 79.9. The number of hydrogen-bond donors (Lipinski definition) is 0. The smallest absolute Gasteiger partial charge is 0.354 e. The van der Waals surface area contributed by atoms with Gasteiger partial charge in [0.15, 0.2) is 25.0 Å². The van der Waals surface area contributed by atoms with Crippen molar-refractivity contribution in [3.8, 4) is 11.8 Å². The van der Waals surface area contributed by atoms with Crippen LogP contribution in [0.25, 0.3) is 11.0 Å². The molecule has 0 saturated carbocycles. The van der Waals surface area contributed by atoms with Crippen LogP contribution >= 0.6 is 0 Å². The molecule has 6 heteroatoms. The Morgan fingerprint density at radius 3 is 2.61 bits per heavy atom. The zero-order valence-corrected chi connectivity index (χ0v) is 17.7. The van der Waals surface area contributed by atoms with E-state index in [9.17, 15) is 10.1 Å². The largest absolute Gasteiger partial charge is 1.00 e. The molecule has 0 aliphatic carbocycles. The van der Waals surface area contributed by atoms with E-state index in [0.29, 0.717) is 11.1 Å². The quantitative estimate of drug-likeness (QED) is 0.429. The lowest BCUT2D eigenvalue weighted by Crippen LogP contribution is -3.00. The molecule has 1 aliphatic rings. The maximum Gasteiger partial charge on any atom is 0.354 e. The van der Waals surface area contributed by atoms with E-state index in [0.717, 1.165) is 41.6 Å². The van der Waals surface area contributed by atoms with Crippen LogP contribution in [-0.2, 0) is 19.4 Å². The van der Waals surface area contributed by atoms with Crippen LogP contribution in [0, 0.1) is 25.2 Å². The lowest BCUT2D eigenvalue weighted by molar-refractivity contribution is -0.702. The molecular formula is C22H21BrN2O3. The first-order chi connectivity index (χ1) is 13.0. The van der Waals surface area contributed by atoms with Crippen molar-refractivity contribution in [3.05, 3.63) is 68.8 Å². The summed E-state index contributed by atoms with van der Waals surface area (Å²) in [7, 11) is 0. The Morgan fingerprint density at radius 2 is 1.96 bits per heavy atom. The van der Waals surface area contributed by atoms with Gasteiger partial charge in [-0.3, -0.25) is 0 Å². The van der Waals surface area contributed by atoms with Crippen molar-refractivity contribution in [1.82, 2.24) is 0 Å². The number of hydrogen-bond acceptors (Lipinski definition) is 4. The maximum atomic E-state index is 12.1. The van der Waals surface area contributed by atoms with Gasteiger partial charge in [-0.1, -0.05) is 6.92 Å². The highest BCUT2D eigenvalue weighted by Crippen LogP contribution is 2.38. The molecule has 0 N–H and O–H groups in total. The van der Waals surface area contributed by atoms with Crippen molar-refractivity contribution in [2.24, 2.45) is 0 Å². The summed E-state index contributed by atoms with van der Waals surface area (Å²) >= 11 is 0. The number of aromatic nitrogens is 1. The predicted molar refractivity (Wildman–Crippen MR) is 101 cm³/mol. The van der Waals surface area contributed by atoms with Crippen LogP contribution < -0.4 is 31.9 Å². The predicted octanol–water partition coefficient (Wildman–Crippen LogP) is 0.139. The second kappa shape index (κ2) is 7.76. The van der Waals surface area contributed by atoms with Gasteiger partial charge >= 0.3 is 5.63 Å². The average molecular weight is 441 g/mol. The molecule has 2 aromatic heterocycles. The Hall–Kier alpha value is -2.65. The average Bonchev–Trinajstić information content (AvgIpc) is 3.07. The number of benzene rings is 1. The van der Waals surface area contributed by atoms with E-state index in [1.165, 1.54) is 5.56 Å². The molecule has 3 heterocycles. The third-order valence-corrected chi connectivity index (χ3v) is 5.34. The Bertz CT molecular complexity index is 1140. The van der Waals surface area contributed by atoms with Gasteiger partial charge in [0.1, 0.15) is 23.0 Å². The van der Waals surface area contributed by atoms with E-state index in [-0.39, 0.29) is 28.6 Å². The van der Waals surface area contributed by atoms with Crippen molar-refractivity contribution < 1.29 is 30.7 Å². The van der Waals surface area contributed by atoms with Crippen molar-refractivity contribution in [1.29, 1.82) is 5.26 Å². The molecule has 5 nitrogen and oxygen atoms in total. The number of rotatable bonds is 3. The second-order valence-electron chi connectivity index (χ2n) is 7.07. The standard InChI is InChI=1S/C22H21N2O3.BrH/c1-4-15-5-7-24(8-6-15)12-17-9-16-10-18-13(2)19(11-23)22(25)27-21(18)14(3)20(16)26-17;/h5-8,10,17H,4,9,12H2,1-3H3;1H/q+1;/p-1. The van der Waals surface area contributed by atoms with Gasteiger partial charge in [-0.05, 0) is 43.0 Å². The van der Waals surface area contributed by atoms with E-state index in [4.69, 9.17) is 9.15 Å². The monoisotopic (exact) mass is 440 g/mol. The molecule has 0 fully saturated rings. The molecule has 144 valence electrons. The third-order valence-electron chi connectivity index (χ3n) is 5.34. The lowest BCUT2D eigenvalue weighted by Gasteiger charge is -2.11. The summed E-state index contributed by atoms with van der Waals surface area (Å²) in [5, 5.41) is 10.0. The van der Waals surface area contributed by atoms with Crippen LogP contribution in [0.2, 0.25) is 0 Å². The summed E-state index contributed by atoms with van der Waals surface area (Å²) < 4.78 is 13.8. The molecular weight excluding hydrogens is 420 g/mol. The van der Waals surface area contributed by atoms with Gasteiger partial charge in [-0.2, -0.15) is 5.26 Å². The van der Waals surface area contributed by atoms with Crippen molar-refractivity contribution >= 4 is 11.0 Å². The Morgan fingerprint density at radius 1 is 1.25 bits per heavy atom. The fraction of sp³-hybridized carbons (Fsp3) is 0.318. The fourth-order valence-corrected chi connectivity index (χ4v) is 3.77. The molecule has 1 unspecified atom stereocenters. The van der Waals surface area contributed by atoms with E-state index in [1.807, 2.05) is 19.1 Å². The van der Waals surface area contributed by atoms with Gasteiger partial charge in [0.25, 0.3) is 0 Å². The first-order valence-corrected chi connectivity index (χ1v) is 9.16. The highest BCUT2D eigenvalue weighted by Gasteiger charge is 2.30. The van der Waals surface area contributed by atoms with Crippen molar-refractivity contribution in [2.45, 2.75) is 46.3 Å². The lowest BCUT2D eigenvalue weighted by atomic mass is 9.99. The molecule has 1 aromatic carbocycles. The van der Waals surface area contributed by atoms with Crippen LogP contribution in [0.3, 0.4) is 0 Å². The molecule has 1 aliphatic heterocycles. The summed E-state index contributed by atoms with van der Waals surface area (Å²) in [5.74, 6) is 0.797. The van der Waals surface area contributed by atoms with Crippen LogP contribution in [-0.4, -0.2) is 6.10 Å². The minimum Gasteiger partial charge on any atom is -1.00 e. The van der Waals surface area contributed by atoms with E-state index < -0.39 is 5.63 Å². The number of nitriles is 1. The molecule has 28 heavy (non-hydrogen) atoms. The maximum absolute atomic E-state index is 12.1. The number of nitrogens with zero attached hydrogens (tertiary/aromatic N) is 2. The fourth-order valence-electron chi connectivity index (χ4n) is 3.77. The molecule has 0 bridgehead atoms. The van der Waals surface area contributed by atoms with E-state index in [1.54, 1.807) is 6.92 Å². The van der Waals surface area contributed by atoms with Crippen LogP contribution in [0.1, 0.15) is 34.7 Å². The molecule has 0 amide bonds. The first-order valence-electron chi connectivity index (χ1n) is 9.16. The number of fused-ring (bicyclic) bond motifs is 2. The Kier molecular flexibility index (Phi) is 5.57. The zero-order chi connectivity index (χ0) is 19.1. The highest BCUT2D eigenvalue weighted by molar-refractivity contribution is 5.87. The van der Waals surface area contributed by atoms with Crippen molar-refractivity contribution in [3.63, 3.8) is 0 Å².